The smallest absolute Gasteiger partial charge is 0.414 e. The van der Waals surface area contributed by atoms with Crippen molar-refractivity contribution in [2.45, 2.75) is 63.9 Å². The molecule has 3 amide bonds. The van der Waals surface area contributed by atoms with Crippen molar-refractivity contribution < 1.29 is 47.2 Å². The number of ether oxygens (including phenoxy) is 3. The number of imidazole rings is 1. The summed E-state index contributed by atoms with van der Waals surface area (Å²) in [5, 5.41) is 11.0. The minimum atomic E-state index is -1.36. The maximum absolute atomic E-state index is 14.0. The molecule has 2 atom stereocenters. The number of aryl methyl sites for hydroxylation is 1. The summed E-state index contributed by atoms with van der Waals surface area (Å²) in [7, 11) is 3.45. The molecule has 6 rings (SSSR count). The molecule has 4 aromatic rings. The number of hydrogen-bond acceptors (Lipinski definition) is 15. The first-order chi connectivity index (χ1) is 27.4. The topological polar surface area (TPSA) is 204 Å². The quantitative estimate of drug-likeness (QED) is 0.0372. The molecule has 3 aromatic heterocycles. The number of esters is 1. The van der Waals surface area contributed by atoms with Crippen molar-refractivity contribution >= 4 is 69.2 Å². The molecule has 0 radical (unpaired) electrons. The number of methoxy groups -OCH3 is 1. The van der Waals surface area contributed by atoms with Gasteiger partial charge in [-0.1, -0.05) is 17.3 Å². The minimum Gasteiger partial charge on any atom is -0.497 e. The monoisotopic (exact) mass is 825 g/mol. The summed E-state index contributed by atoms with van der Waals surface area (Å²) in [6, 6.07) is 9.79. The number of halogens is 1. The van der Waals surface area contributed by atoms with Gasteiger partial charge in [0.1, 0.15) is 47.1 Å². The predicted octanol–water partition coefficient (Wildman–Crippen LogP) is 2.89. The number of amides is 3. The molecule has 1 fully saturated rings. The second-order valence-corrected chi connectivity index (χ2v) is 15.6. The number of pyridine rings is 1. The number of alkyl halides is 1. The number of aromatic nitrogens is 5. The second-order valence-electron chi connectivity index (χ2n) is 13.7. The van der Waals surface area contributed by atoms with Crippen LogP contribution >= 0.6 is 23.3 Å². The molecule has 3 N–H and O–H groups in total. The van der Waals surface area contributed by atoms with E-state index in [1.807, 2.05) is 29.9 Å². The Morgan fingerprint density at radius 3 is 2.67 bits per heavy atom. The van der Waals surface area contributed by atoms with Crippen molar-refractivity contribution in [1.82, 2.24) is 34.4 Å². The Morgan fingerprint density at radius 1 is 1.16 bits per heavy atom. The highest BCUT2D eigenvalue weighted by Gasteiger charge is 2.55. The molecule has 57 heavy (non-hydrogen) atoms. The average molecular weight is 826 g/mol. The summed E-state index contributed by atoms with van der Waals surface area (Å²) in [6.45, 7) is 5.45. The summed E-state index contributed by atoms with van der Waals surface area (Å²) < 4.78 is 37.3. The van der Waals surface area contributed by atoms with Crippen LogP contribution in [0.2, 0.25) is 0 Å². The Morgan fingerprint density at radius 2 is 1.95 bits per heavy atom. The number of hydrogen-bond donors (Lipinski definition) is 3. The Labute approximate surface area is 334 Å². The summed E-state index contributed by atoms with van der Waals surface area (Å²) >= 11 is 2.06. The van der Waals surface area contributed by atoms with Crippen LogP contribution in [0.1, 0.15) is 38.6 Å². The maximum Gasteiger partial charge on any atom is 0.414 e. The third kappa shape index (κ3) is 9.66. The average Bonchev–Trinajstić information content (AvgIpc) is 3.83. The number of carbonyl (C=O) groups is 4. The van der Waals surface area contributed by atoms with Crippen LogP contribution in [0.25, 0.3) is 11.2 Å². The number of carbonyl (C=O) groups excluding carboxylic acids is 4. The third-order valence-electron chi connectivity index (χ3n) is 8.56. The predicted molar refractivity (Wildman–Crippen MR) is 207 cm³/mol. The number of benzene rings is 1. The van der Waals surface area contributed by atoms with Crippen LogP contribution in [-0.4, -0.2) is 104 Å². The van der Waals surface area contributed by atoms with Crippen molar-refractivity contribution in [3.63, 3.8) is 0 Å². The van der Waals surface area contributed by atoms with E-state index in [4.69, 9.17) is 14.2 Å². The van der Waals surface area contributed by atoms with Gasteiger partial charge in [-0.2, -0.15) is 9.36 Å². The van der Waals surface area contributed by atoms with Crippen molar-refractivity contribution in [3.8, 4) is 5.75 Å². The van der Waals surface area contributed by atoms with Crippen LogP contribution in [0, 0.1) is 0 Å². The van der Waals surface area contributed by atoms with Crippen LogP contribution in [0.15, 0.2) is 65.3 Å². The van der Waals surface area contributed by atoms with Gasteiger partial charge in [0.2, 0.25) is 23.0 Å². The van der Waals surface area contributed by atoms with Gasteiger partial charge >= 0.3 is 17.7 Å². The number of anilines is 1. The molecule has 5 heterocycles. The number of oxime groups is 1. The Kier molecular flexibility index (Phi) is 13.0. The zero-order valence-electron chi connectivity index (χ0n) is 31.8. The number of nitrogens with one attached hydrogen (secondary N) is 3. The third-order valence-corrected chi connectivity index (χ3v) is 10.5. The van der Waals surface area contributed by atoms with E-state index in [-0.39, 0.29) is 29.8 Å². The highest BCUT2D eigenvalue weighted by atomic mass is 32.2. The molecular formula is C36H42FN10O8S2+. The Balaban J connectivity index is 1.23. The minimum absolute atomic E-state index is 0.0293. The van der Waals surface area contributed by atoms with Crippen molar-refractivity contribution in [3.05, 3.63) is 71.6 Å². The van der Waals surface area contributed by atoms with E-state index in [2.05, 4.69) is 44.9 Å². The van der Waals surface area contributed by atoms with Crippen molar-refractivity contribution in [2.75, 3.05) is 38.6 Å². The fourth-order valence-corrected chi connectivity index (χ4v) is 7.89. The van der Waals surface area contributed by atoms with Gasteiger partial charge in [0.05, 0.1) is 13.3 Å². The van der Waals surface area contributed by atoms with Crippen molar-refractivity contribution in [1.29, 1.82) is 0 Å². The molecule has 2 aliphatic heterocycles. The number of rotatable bonds is 16. The number of thioether (sulfide) groups is 1. The van der Waals surface area contributed by atoms with Crippen LogP contribution in [0.4, 0.5) is 14.3 Å². The highest BCUT2D eigenvalue weighted by molar-refractivity contribution is 8.00. The highest BCUT2D eigenvalue weighted by Crippen LogP contribution is 2.41. The van der Waals surface area contributed by atoms with Gasteiger partial charge < -0.3 is 34.2 Å². The maximum atomic E-state index is 14.0. The standard InChI is InChI=1S/C36H41FN10O8S2/c1-36(2,3)55-35(51)42-34-41-28(44-57-34)25(43-54-19-37)30(48)40-26-31(49)47-27(33(50)53-17-21-9-11-23(52-5)12-10-21)22(18-56-32(26)47)16-45-14-6-8-24-29(45)39-20-46(24)15-7-13-38-4/h6,8-12,14,20,26,32,38H,7,13,15-19H2,1-5H3,(H-,40,41,42,44,48,51)/p+1/b43-25-. The zero-order chi connectivity index (χ0) is 40.7. The second kappa shape index (κ2) is 18.1. The van der Waals surface area contributed by atoms with Crippen LogP contribution in [0.3, 0.4) is 0 Å². The molecule has 1 aromatic carbocycles. The zero-order valence-corrected chi connectivity index (χ0v) is 33.4. The summed E-state index contributed by atoms with van der Waals surface area (Å²) in [6.07, 6.45) is 3.74. The molecule has 2 aliphatic rings. The molecule has 21 heteroatoms. The molecule has 1 saturated heterocycles. The summed E-state index contributed by atoms with van der Waals surface area (Å²) in [5.74, 6) is -1.60. The van der Waals surface area contributed by atoms with E-state index in [0.717, 1.165) is 36.6 Å². The number of fused-ring (bicyclic) bond motifs is 2. The van der Waals surface area contributed by atoms with E-state index >= 15 is 0 Å². The molecule has 2 unspecified atom stereocenters. The molecule has 0 saturated carbocycles. The van der Waals surface area contributed by atoms with E-state index in [1.54, 1.807) is 58.5 Å². The van der Waals surface area contributed by atoms with E-state index in [0.29, 0.717) is 28.3 Å². The number of β-lactam (4-membered cyclic amide) rings is 1. The van der Waals surface area contributed by atoms with E-state index in [1.165, 1.54) is 16.7 Å². The van der Waals surface area contributed by atoms with Crippen LogP contribution in [0.5, 0.6) is 5.75 Å². The summed E-state index contributed by atoms with van der Waals surface area (Å²) in [4.78, 5) is 68.4. The fourth-order valence-electron chi connectivity index (χ4n) is 5.99. The largest absolute Gasteiger partial charge is 0.497 e. The van der Waals surface area contributed by atoms with Gasteiger partial charge in [-0.25, -0.2) is 18.5 Å². The van der Waals surface area contributed by atoms with Gasteiger partial charge in [0.25, 0.3) is 18.7 Å². The van der Waals surface area contributed by atoms with Gasteiger partial charge in [0.15, 0.2) is 0 Å². The van der Waals surface area contributed by atoms with Crippen LogP contribution < -0.4 is 25.3 Å². The van der Waals surface area contributed by atoms with Gasteiger partial charge in [-0.15, -0.1) is 11.8 Å². The Hall–Kier alpha value is -5.67. The lowest BCUT2D eigenvalue weighted by atomic mass is 10.0. The molecule has 0 spiro atoms. The lowest BCUT2D eigenvalue weighted by molar-refractivity contribution is -0.664. The van der Waals surface area contributed by atoms with Gasteiger partial charge in [-0.3, -0.25) is 19.8 Å². The summed E-state index contributed by atoms with van der Waals surface area (Å²) in [5.41, 5.74) is 1.68. The molecule has 18 nitrogen and oxygen atoms in total. The van der Waals surface area contributed by atoms with Gasteiger partial charge in [-0.05, 0) is 75.6 Å². The first kappa shape index (κ1) is 41.0. The molecule has 302 valence electrons. The Bertz CT molecular complexity index is 2190. The van der Waals surface area contributed by atoms with E-state index in [9.17, 15) is 23.6 Å². The van der Waals surface area contributed by atoms with Gasteiger partial charge in [0, 0.05) is 29.4 Å². The molecular weight excluding hydrogens is 784 g/mol. The van der Waals surface area contributed by atoms with Crippen molar-refractivity contribution in [2.24, 2.45) is 5.16 Å². The first-order valence-corrected chi connectivity index (χ1v) is 19.6. The first-order valence-electron chi connectivity index (χ1n) is 17.8. The van der Waals surface area contributed by atoms with E-state index < -0.39 is 53.5 Å². The normalized spacial score (nSPS) is 16.8. The fraction of sp³-hybridized carbons (Fsp3) is 0.417. The molecule has 0 aliphatic carbocycles. The van der Waals surface area contributed by atoms with Crippen LogP contribution in [-0.2, 0) is 48.4 Å². The lowest BCUT2D eigenvalue weighted by Gasteiger charge is -2.49. The lowest BCUT2D eigenvalue weighted by Crippen LogP contribution is -2.71. The molecule has 0 bridgehead atoms. The SMILES string of the molecule is CNCCCn1cnc2c1ccc[n+]2CC1=C(C(=O)OCc2ccc(OC)cc2)N2C(=O)C(NC(=O)/C(=N\OCF)c3nsc(NC(=O)OC(C)(C)C)n3)C2SC1. The number of nitrogens with zero attached hydrogens (tertiary/aromatic N) is 7.